The maximum Gasteiger partial charge on any atom is 0.241 e. The molecule has 0 atom stereocenters. The third kappa shape index (κ3) is 3.55. The van der Waals surface area contributed by atoms with Gasteiger partial charge in [0.2, 0.25) is 10.0 Å². The first-order valence-electron chi connectivity index (χ1n) is 6.47. The van der Waals surface area contributed by atoms with Crippen LogP contribution in [0.15, 0.2) is 29.2 Å². The van der Waals surface area contributed by atoms with Gasteiger partial charge in [-0.1, -0.05) is 20.8 Å². The highest BCUT2D eigenvalue weighted by Gasteiger charge is 2.30. The van der Waals surface area contributed by atoms with Gasteiger partial charge in [-0.3, -0.25) is 0 Å². The first kappa shape index (κ1) is 15.7. The Kier molecular flexibility index (Phi) is 5.10. The molecule has 4 nitrogen and oxygen atoms in total. The van der Waals surface area contributed by atoms with Crippen molar-refractivity contribution in [3.05, 3.63) is 29.8 Å². The molecule has 0 aromatic heterocycles. The number of nitrogens with one attached hydrogen (secondary N) is 1. The summed E-state index contributed by atoms with van der Waals surface area (Å²) in [5.41, 5.74) is 0.0545. The Bertz CT molecular complexity index is 544. The fourth-order valence-electron chi connectivity index (χ4n) is 2.02. The predicted molar refractivity (Wildman–Crippen MR) is 75.1 cm³/mol. The summed E-state index contributed by atoms with van der Waals surface area (Å²) < 4.78 is 27.5. The lowest BCUT2D eigenvalue weighted by atomic mass is 9.91. The maximum absolute atomic E-state index is 12.3. The smallest absolute Gasteiger partial charge is 0.207 e. The van der Waals surface area contributed by atoms with E-state index in [2.05, 4.69) is 4.72 Å². The zero-order valence-corrected chi connectivity index (χ0v) is 12.4. The van der Waals surface area contributed by atoms with Gasteiger partial charge in [-0.25, -0.2) is 13.1 Å². The highest BCUT2D eigenvalue weighted by atomic mass is 32.2. The van der Waals surface area contributed by atoms with Crippen molar-refractivity contribution in [3.8, 4) is 6.07 Å². The summed E-state index contributed by atoms with van der Waals surface area (Å²) in [5, 5.41) is 8.72. The van der Waals surface area contributed by atoms with E-state index in [0.717, 1.165) is 19.3 Å². The van der Waals surface area contributed by atoms with Gasteiger partial charge >= 0.3 is 0 Å². The second-order valence-corrected chi connectivity index (χ2v) is 6.27. The summed E-state index contributed by atoms with van der Waals surface area (Å²) in [4.78, 5) is 0.200. The Morgan fingerprint density at radius 1 is 1.11 bits per heavy atom. The van der Waals surface area contributed by atoms with E-state index in [4.69, 9.17) is 5.26 Å². The Morgan fingerprint density at radius 3 is 1.95 bits per heavy atom. The molecule has 0 radical (unpaired) electrons. The Morgan fingerprint density at radius 2 is 1.58 bits per heavy atom. The maximum atomic E-state index is 12.3. The largest absolute Gasteiger partial charge is 0.241 e. The van der Waals surface area contributed by atoms with Crippen LogP contribution >= 0.6 is 0 Å². The van der Waals surface area contributed by atoms with Crippen molar-refractivity contribution in [1.29, 1.82) is 5.26 Å². The van der Waals surface area contributed by atoms with Crippen molar-refractivity contribution >= 4 is 10.0 Å². The zero-order chi connectivity index (χ0) is 14.5. The molecule has 1 aromatic carbocycles. The second-order valence-electron chi connectivity index (χ2n) is 4.58. The van der Waals surface area contributed by atoms with E-state index in [1.54, 1.807) is 0 Å². The first-order valence-corrected chi connectivity index (χ1v) is 7.95. The van der Waals surface area contributed by atoms with E-state index in [1.807, 2.05) is 26.8 Å². The molecule has 1 aromatic rings. The minimum atomic E-state index is -3.54. The quantitative estimate of drug-likeness (QED) is 0.871. The van der Waals surface area contributed by atoms with Crippen LogP contribution in [0.2, 0.25) is 0 Å². The van der Waals surface area contributed by atoms with Crippen LogP contribution in [0, 0.1) is 11.3 Å². The molecule has 0 unspecified atom stereocenters. The van der Waals surface area contributed by atoms with E-state index in [-0.39, 0.29) is 4.90 Å². The van der Waals surface area contributed by atoms with Crippen LogP contribution in [-0.4, -0.2) is 14.0 Å². The Labute approximate surface area is 115 Å². The fraction of sp³-hybridized carbons (Fsp3) is 0.500. The van der Waals surface area contributed by atoms with Crippen molar-refractivity contribution in [1.82, 2.24) is 4.72 Å². The van der Waals surface area contributed by atoms with Gasteiger partial charge in [0.15, 0.2) is 0 Å². The van der Waals surface area contributed by atoms with Crippen molar-refractivity contribution in [2.45, 2.75) is 50.5 Å². The molecule has 0 heterocycles. The second kappa shape index (κ2) is 6.18. The molecular formula is C14H20N2O2S. The van der Waals surface area contributed by atoms with Crippen LogP contribution in [0.5, 0.6) is 0 Å². The summed E-state index contributed by atoms with van der Waals surface area (Å²) in [6.45, 7) is 5.94. The topological polar surface area (TPSA) is 70.0 Å². The zero-order valence-electron chi connectivity index (χ0n) is 11.6. The summed E-state index contributed by atoms with van der Waals surface area (Å²) in [6, 6.07) is 7.93. The number of sulfonamides is 1. The molecule has 0 spiro atoms. The number of nitrogens with zero attached hydrogens (tertiary/aromatic N) is 1. The van der Waals surface area contributed by atoms with Crippen LogP contribution in [0.4, 0.5) is 0 Å². The molecule has 0 aliphatic carbocycles. The summed E-state index contributed by atoms with van der Waals surface area (Å²) >= 11 is 0. The van der Waals surface area contributed by atoms with E-state index in [1.165, 1.54) is 24.3 Å². The third-order valence-electron chi connectivity index (χ3n) is 3.67. The standard InChI is InChI=1S/C14H20N2O2S/c1-4-14(5-2,6-3)16-19(17,18)13-9-7-12(11-15)8-10-13/h7-10,16H,4-6H2,1-3H3. The number of hydrogen-bond donors (Lipinski definition) is 1. The van der Waals surface area contributed by atoms with Gasteiger partial charge < -0.3 is 0 Å². The van der Waals surface area contributed by atoms with Crippen molar-refractivity contribution in [2.75, 3.05) is 0 Å². The minimum absolute atomic E-state index is 0.200. The van der Waals surface area contributed by atoms with Crippen LogP contribution in [-0.2, 0) is 10.0 Å². The Balaban J connectivity index is 3.07. The van der Waals surface area contributed by atoms with Crippen LogP contribution in [0.25, 0.3) is 0 Å². The summed E-state index contributed by atoms with van der Waals surface area (Å²) in [7, 11) is -3.54. The minimum Gasteiger partial charge on any atom is -0.207 e. The van der Waals surface area contributed by atoms with Gasteiger partial charge in [0.25, 0.3) is 0 Å². The molecule has 104 valence electrons. The van der Waals surface area contributed by atoms with Gasteiger partial charge in [0.1, 0.15) is 0 Å². The normalized spacial score (nSPS) is 12.1. The van der Waals surface area contributed by atoms with Gasteiger partial charge in [-0.15, -0.1) is 0 Å². The number of hydrogen-bond acceptors (Lipinski definition) is 3. The molecule has 5 heteroatoms. The first-order chi connectivity index (χ1) is 8.93. The van der Waals surface area contributed by atoms with Crippen molar-refractivity contribution in [3.63, 3.8) is 0 Å². The van der Waals surface area contributed by atoms with Crippen LogP contribution in [0.3, 0.4) is 0 Å². The fourth-order valence-corrected chi connectivity index (χ4v) is 3.63. The molecule has 0 saturated carbocycles. The van der Waals surface area contributed by atoms with E-state index < -0.39 is 15.6 Å². The summed E-state index contributed by atoms with van der Waals surface area (Å²) in [5.74, 6) is 0. The average Bonchev–Trinajstić information content (AvgIpc) is 2.45. The van der Waals surface area contributed by atoms with E-state index in [0.29, 0.717) is 5.56 Å². The molecule has 0 saturated heterocycles. The van der Waals surface area contributed by atoms with Gasteiger partial charge in [-0.2, -0.15) is 5.26 Å². The SMILES string of the molecule is CCC(CC)(CC)NS(=O)(=O)c1ccc(C#N)cc1. The van der Waals surface area contributed by atoms with Gasteiger partial charge in [0.05, 0.1) is 16.5 Å². The molecule has 0 aliphatic rings. The van der Waals surface area contributed by atoms with Crippen molar-refractivity contribution < 1.29 is 8.42 Å². The lowest BCUT2D eigenvalue weighted by Crippen LogP contribution is -2.46. The molecule has 1 N–H and O–H groups in total. The lowest BCUT2D eigenvalue weighted by Gasteiger charge is -2.31. The number of rotatable bonds is 6. The van der Waals surface area contributed by atoms with Crippen molar-refractivity contribution in [2.24, 2.45) is 0 Å². The monoisotopic (exact) mass is 280 g/mol. The highest BCUT2D eigenvalue weighted by molar-refractivity contribution is 7.89. The molecule has 0 amide bonds. The summed E-state index contributed by atoms with van der Waals surface area (Å²) in [6.07, 6.45) is 2.24. The molecule has 0 aliphatic heterocycles. The van der Waals surface area contributed by atoms with Crippen LogP contribution < -0.4 is 4.72 Å². The molecule has 19 heavy (non-hydrogen) atoms. The molecule has 1 rings (SSSR count). The third-order valence-corrected chi connectivity index (χ3v) is 5.27. The molecule has 0 bridgehead atoms. The number of nitriles is 1. The van der Waals surface area contributed by atoms with Gasteiger partial charge in [0, 0.05) is 5.54 Å². The number of benzene rings is 1. The van der Waals surface area contributed by atoms with E-state index in [9.17, 15) is 8.42 Å². The average molecular weight is 280 g/mol. The lowest BCUT2D eigenvalue weighted by molar-refractivity contribution is 0.341. The molecule has 0 fully saturated rings. The van der Waals surface area contributed by atoms with Crippen LogP contribution in [0.1, 0.15) is 45.6 Å². The Hall–Kier alpha value is -1.38. The molecular weight excluding hydrogens is 260 g/mol. The highest BCUT2D eigenvalue weighted by Crippen LogP contribution is 2.23. The van der Waals surface area contributed by atoms with E-state index >= 15 is 0 Å². The predicted octanol–water partition coefficient (Wildman–Crippen LogP) is 2.81. The van der Waals surface area contributed by atoms with Gasteiger partial charge in [-0.05, 0) is 43.5 Å².